The summed E-state index contributed by atoms with van der Waals surface area (Å²) in [5.74, 6) is 1.04. The highest BCUT2D eigenvalue weighted by molar-refractivity contribution is 7.80. The predicted molar refractivity (Wildman–Crippen MR) is 70.0 cm³/mol. The molecule has 0 saturated heterocycles. The van der Waals surface area contributed by atoms with Gasteiger partial charge in [-0.05, 0) is 31.3 Å². The Morgan fingerprint density at radius 1 is 1.41 bits per heavy atom. The summed E-state index contributed by atoms with van der Waals surface area (Å²) in [6.07, 6.45) is 0.784. The average Bonchev–Trinajstić information content (AvgIpc) is 2.29. The van der Waals surface area contributed by atoms with E-state index in [4.69, 9.17) is 21.7 Å². The van der Waals surface area contributed by atoms with Crippen LogP contribution in [-0.4, -0.2) is 37.6 Å². The fraction of sp³-hybridized carbons (Fsp3) is 0.333. The van der Waals surface area contributed by atoms with Crippen molar-refractivity contribution >= 4 is 23.7 Å². The van der Waals surface area contributed by atoms with Crippen LogP contribution in [0.2, 0.25) is 0 Å². The largest absolute Gasteiger partial charge is 0.493 e. The van der Waals surface area contributed by atoms with Gasteiger partial charge in [0.1, 0.15) is 6.29 Å². The molecule has 1 aromatic carbocycles. The minimum absolute atomic E-state index is 0.335. The van der Waals surface area contributed by atoms with Crippen molar-refractivity contribution in [3.8, 4) is 11.5 Å². The number of hydrogen-bond donors (Lipinski definition) is 0. The normalized spacial score (nSPS) is 9.65. The molecule has 4 nitrogen and oxygen atoms in total. The molecule has 0 heterocycles. The minimum atomic E-state index is 0.335. The first-order valence-corrected chi connectivity index (χ1v) is 5.44. The summed E-state index contributed by atoms with van der Waals surface area (Å²) in [6, 6.07) is 3.35. The van der Waals surface area contributed by atoms with E-state index in [1.165, 1.54) is 7.11 Å². The van der Waals surface area contributed by atoms with Crippen LogP contribution in [0.25, 0.3) is 0 Å². The Labute approximate surface area is 106 Å². The molecule has 0 aliphatic heterocycles. The Bertz CT molecular complexity index is 444. The first kappa shape index (κ1) is 13.4. The lowest BCUT2D eigenvalue weighted by Gasteiger charge is -2.17. The van der Waals surface area contributed by atoms with E-state index in [1.807, 2.05) is 0 Å². The second kappa shape index (κ2) is 5.63. The maximum Gasteiger partial charge on any atom is 0.264 e. The van der Waals surface area contributed by atoms with Gasteiger partial charge in [0.25, 0.3) is 5.17 Å². The second-order valence-corrected chi connectivity index (χ2v) is 4.04. The lowest BCUT2D eigenvalue weighted by molar-refractivity contribution is 0.112. The Balaban J connectivity index is 3.13. The molecule has 0 atom stereocenters. The van der Waals surface area contributed by atoms with Crippen LogP contribution in [0.5, 0.6) is 11.5 Å². The Morgan fingerprint density at radius 3 is 2.53 bits per heavy atom. The Morgan fingerprint density at radius 2 is 2.06 bits per heavy atom. The quantitative estimate of drug-likeness (QED) is 0.609. The summed E-state index contributed by atoms with van der Waals surface area (Å²) >= 11 is 5.05. The van der Waals surface area contributed by atoms with Crippen molar-refractivity contribution in [2.75, 3.05) is 21.2 Å². The number of benzene rings is 1. The average molecular weight is 253 g/mol. The topological polar surface area (TPSA) is 38.8 Å². The molecule has 92 valence electrons. The number of hydrogen-bond acceptors (Lipinski definition) is 4. The molecule has 0 aliphatic carbocycles. The van der Waals surface area contributed by atoms with Crippen LogP contribution in [0.1, 0.15) is 15.9 Å². The molecule has 1 rings (SSSR count). The van der Waals surface area contributed by atoms with E-state index in [2.05, 4.69) is 0 Å². The summed E-state index contributed by atoms with van der Waals surface area (Å²) in [5, 5.41) is 0.335. The van der Waals surface area contributed by atoms with Gasteiger partial charge < -0.3 is 14.4 Å². The zero-order chi connectivity index (χ0) is 13.0. The summed E-state index contributed by atoms with van der Waals surface area (Å²) in [4.78, 5) is 12.5. The van der Waals surface area contributed by atoms with Gasteiger partial charge in [-0.3, -0.25) is 4.79 Å². The SMILES string of the molecule is COc1c(OC(=S)N(C)C)ccc(C=O)c1C. The maximum atomic E-state index is 10.8. The van der Waals surface area contributed by atoms with Crippen LogP contribution < -0.4 is 9.47 Å². The molecule has 5 heteroatoms. The zero-order valence-electron chi connectivity index (χ0n) is 10.3. The molecule has 0 N–H and O–H groups in total. The number of thiocarbonyl (C=S) groups is 1. The highest BCUT2D eigenvalue weighted by Crippen LogP contribution is 2.32. The van der Waals surface area contributed by atoms with Crippen LogP contribution in [0.4, 0.5) is 0 Å². The van der Waals surface area contributed by atoms with Crippen molar-refractivity contribution in [1.82, 2.24) is 4.90 Å². The van der Waals surface area contributed by atoms with E-state index in [0.717, 1.165) is 11.8 Å². The second-order valence-electron chi connectivity index (χ2n) is 3.69. The number of rotatable bonds is 3. The van der Waals surface area contributed by atoms with Crippen LogP contribution >= 0.6 is 12.2 Å². The van der Waals surface area contributed by atoms with E-state index < -0.39 is 0 Å². The number of carbonyl (C=O) groups excluding carboxylic acids is 1. The fourth-order valence-electron chi connectivity index (χ4n) is 1.33. The molecule has 0 spiro atoms. The van der Waals surface area contributed by atoms with E-state index in [9.17, 15) is 4.79 Å². The smallest absolute Gasteiger partial charge is 0.264 e. The summed E-state index contributed by atoms with van der Waals surface area (Å²) in [7, 11) is 5.12. The van der Waals surface area contributed by atoms with Gasteiger partial charge in [-0.2, -0.15) is 0 Å². The number of aldehydes is 1. The third kappa shape index (κ3) is 2.94. The Kier molecular flexibility index (Phi) is 4.45. The molecule has 0 aromatic heterocycles. The molecule has 0 aliphatic rings. The van der Waals surface area contributed by atoms with Gasteiger partial charge in [0.2, 0.25) is 0 Å². The molecular weight excluding hydrogens is 238 g/mol. The maximum absolute atomic E-state index is 10.8. The van der Waals surface area contributed by atoms with Crippen molar-refractivity contribution < 1.29 is 14.3 Å². The van der Waals surface area contributed by atoms with Crippen LogP contribution in [0.15, 0.2) is 12.1 Å². The lowest BCUT2D eigenvalue weighted by atomic mass is 10.1. The third-order valence-corrected chi connectivity index (χ3v) is 2.75. The fourth-order valence-corrected chi connectivity index (χ4v) is 1.42. The van der Waals surface area contributed by atoms with Gasteiger partial charge >= 0.3 is 0 Å². The van der Waals surface area contributed by atoms with Crippen LogP contribution in [0, 0.1) is 6.92 Å². The molecule has 0 unspecified atom stereocenters. The highest BCUT2D eigenvalue weighted by Gasteiger charge is 2.13. The van der Waals surface area contributed by atoms with Gasteiger partial charge in [0.15, 0.2) is 11.5 Å². The summed E-state index contributed by atoms with van der Waals surface area (Å²) in [5.41, 5.74) is 1.31. The molecular formula is C12H15NO3S. The molecule has 0 fully saturated rings. The molecule has 1 aromatic rings. The number of nitrogens with zero attached hydrogens (tertiary/aromatic N) is 1. The third-order valence-electron chi connectivity index (χ3n) is 2.31. The number of ether oxygens (including phenoxy) is 2. The van der Waals surface area contributed by atoms with E-state index >= 15 is 0 Å². The molecule has 0 bridgehead atoms. The Hall–Kier alpha value is -1.62. The first-order valence-electron chi connectivity index (χ1n) is 5.03. The lowest BCUT2D eigenvalue weighted by Crippen LogP contribution is -2.25. The van der Waals surface area contributed by atoms with Crippen molar-refractivity contribution in [2.45, 2.75) is 6.92 Å². The van der Waals surface area contributed by atoms with Crippen molar-refractivity contribution in [1.29, 1.82) is 0 Å². The number of carbonyl (C=O) groups is 1. The van der Waals surface area contributed by atoms with E-state index in [1.54, 1.807) is 38.1 Å². The van der Waals surface area contributed by atoms with E-state index in [-0.39, 0.29) is 0 Å². The van der Waals surface area contributed by atoms with Gasteiger partial charge in [-0.1, -0.05) is 0 Å². The zero-order valence-corrected chi connectivity index (χ0v) is 11.1. The molecule has 0 amide bonds. The minimum Gasteiger partial charge on any atom is -0.493 e. The van der Waals surface area contributed by atoms with Crippen molar-refractivity contribution in [3.63, 3.8) is 0 Å². The van der Waals surface area contributed by atoms with Gasteiger partial charge in [0, 0.05) is 25.2 Å². The van der Waals surface area contributed by atoms with Crippen LogP contribution in [-0.2, 0) is 0 Å². The van der Waals surface area contributed by atoms with Crippen LogP contribution in [0.3, 0.4) is 0 Å². The van der Waals surface area contributed by atoms with Crippen molar-refractivity contribution in [3.05, 3.63) is 23.3 Å². The molecule has 17 heavy (non-hydrogen) atoms. The van der Waals surface area contributed by atoms with E-state index in [0.29, 0.717) is 22.2 Å². The molecule has 0 saturated carbocycles. The van der Waals surface area contributed by atoms with Gasteiger partial charge in [-0.15, -0.1) is 0 Å². The highest BCUT2D eigenvalue weighted by atomic mass is 32.1. The standard InChI is InChI=1S/C12H15NO3S/c1-8-9(7-14)5-6-10(11(8)15-4)16-12(17)13(2)3/h5-7H,1-4H3. The molecule has 0 radical (unpaired) electrons. The summed E-state index contributed by atoms with van der Waals surface area (Å²) < 4.78 is 10.7. The number of methoxy groups -OCH3 is 1. The monoisotopic (exact) mass is 253 g/mol. The van der Waals surface area contributed by atoms with Gasteiger partial charge in [-0.25, -0.2) is 0 Å². The first-order chi connectivity index (χ1) is 8.01. The van der Waals surface area contributed by atoms with Gasteiger partial charge in [0.05, 0.1) is 7.11 Å². The van der Waals surface area contributed by atoms with Crippen molar-refractivity contribution in [2.24, 2.45) is 0 Å². The summed E-state index contributed by atoms with van der Waals surface area (Å²) in [6.45, 7) is 1.80. The predicted octanol–water partition coefficient (Wildman–Crippen LogP) is 2.04.